The number of para-hydroxylation sites is 1. The van der Waals surface area contributed by atoms with Crippen LogP contribution in [0.3, 0.4) is 0 Å². The average Bonchev–Trinajstić information content (AvgIpc) is 2.73. The quantitative estimate of drug-likeness (QED) is 0.626. The molecule has 0 saturated carbocycles. The molecule has 1 saturated heterocycles. The molecule has 0 radical (unpaired) electrons. The molecule has 1 aromatic rings. The average molecular weight is 293 g/mol. The second-order valence-electron chi connectivity index (χ2n) is 4.22. The Morgan fingerprint density at radius 3 is 2.75 bits per heavy atom. The molecule has 1 unspecified atom stereocenters. The van der Waals surface area contributed by atoms with Crippen molar-refractivity contribution >= 4 is 35.2 Å². The van der Waals surface area contributed by atoms with Crippen molar-refractivity contribution in [2.45, 2.75) is 18.6 Å². The maximum atomic E-state index is 12.3. The number of carbonyl (C=O) groups is 3. The molecule has 0 N–H and O–H groups in total. The van der Waals surface area contributed by atoms with Gasteiger partial charge in [0, 0.05) is 6.42 Å². The number of imide groups is 1. The Morgan fingerprint density at radius 1 is 1.40 bits per heavy atom. The van der Waals surface area contributed by atoms with Gasteiger partial charge >= 0.3 is 5.97 Å². The monoisotopic (exact) mass is 293 g/mol. The summed E-state index contributed by atoms with van der Waals surface area (Å²) in [5, 5.41) is -0.363. The van der Waals surface area contributed by atoms with Gasteiger partial charge in [0.25, 0.3) is 0 Å². The minimum atomic E-state index is -0.562. The lowest BCUT2D eigenvalue weighted by Crippen LogP contribution is -2.32. The molecule has 20 heavy (non-hydrogen) atoms. The van der Waals surface area contributed by atoms with Gasteiger partial charge in [0.05, 0.1) is 23.6 Å². The molecule has 0 aromatic heterocycles. The van der Waals surface area contributed by atoms with Crippen molar-refractivity contribution in [3.8, 4) is 0 Å². The lowest BCUT2D eigenvalue weighted by atomic mass is 10.1. The van der Waals surface area contributed by atoms with Crippen molar-refractivity contribution in [2.75, 3.05) is 17.8 Å². The van der Waals surface area contributed by atoms with Gasteiger partial charge in [0.1, 0.15) is 0 Å². The van der Waals surface area contributed by atoms with Crippen LogP contribution >= 0.6 is 11.8 Å². The lowest BCUT2D eigenvalue weighted by Gasteiger charge is -2.17. The zero-order valence-corrected chi connectivity index (χ0v) is 12.1. The van der Waals surface area contributed by atoms with E-state index in [1.807, 2.05) is 6.92 Å². The van der Waals surface area contributed by atoms with Crippen LogP contribution in [0.1, 0.15) is 23.7 Å². The Bertz CT molecular complexity index is 558. The third-order valence-electron chi connectivity index (χ3n) is 3.02. The molecule has 1 atom stereocenters. The first-order valence-electron chi connectivity index (χ1n) is 6.25. The molecule has 0 spiro atoms. The fraction of sp³-hybridized carbons (Fsp3) is 0.357. The minimum Gasteiger partial charge on any atom is -0.465 e. The predicted octanol–water partition coefficient (Wildman–Crippen LogP) is 1.86. The van der Waals surface area contributed by atoms with Crippen molar-refractivity contribution in [1.29, 1.82) is 0 Å². The van der Waals surface area contributed by atoms with Crippen LogP contribution in [0.5, 0.6) is 0 Å². The summed E-state index contributed by atoms with van der Waals surface area (Å²) in [6.07, 6.45) is 0.173. The Kier molecular flexibility index (Phi) is 4.44. The molecule has 1 fully saturated rings. The number of anilines is 1. The van der Waals surface area contributed by atoms with E-state index in [-0.39, 0.29) is 29.0 Å². The van der Waals surface area contributed by atoms with Gasteiger partial charge in [-0.05, 0) is 17.9 Å². The number of amides is 2. The summed E-state index contributed by atoms with van der Waals surface area (Å²) in [5.74, 6) is -0.348. The van der Waals surface area contributed by atoms with Crippen LogP contribution in [0.2, 0.25) is 0 Å². The van der Waals surface area contributed by atoms with E-state index in [2.05, 4.69) is 4.74 Å². The van der Waals surface area contributed by atoms with Crippen LogP contribution < -0.4 is 4.90 Å². The standard InChI is InChI=1S/C14H15NO4S/c1-3-20-11-8-12(16)15(13(11)17)10-7-5-4-6-9(10)14(18)19-2/h4-7,11H,3,8H2,1-2H3. The summed E-state index contributed by atoms with van der Waals surface area (Å²) in [5.41, 5.74) is 0.521. The van der Waals surface area contributed by atoms with Gasteiger partial charge in [0.15, 0.2) is 0 Å². The van der Waals surface area contributed by atoms with Crippen LogP contribution in [0.25, 0.3) is 0 Å². The first-order valence-corrected chi connectivity index (χ1v) is 7.30. The Labute approximate surface area is 121 Å². The number of rotatable bonds is 4. The highest BCUT2D eigenvalue weighted by molar-refractivity contribution is 8.00. The van der Waals surface area contributed by atoms with Crippen molar-refractivity contribution in [1.82, 2.24) is 0 Å². The van der Waals surface area contributed by atoms with E-state index in [4.69, 9.17) is 0 Å². The first-order chi connectivity index (χ1) is 9.60. The van der Waals surface area contributed by atoms with E-state index in [1.54, 1.807) is 24.3 Å². The smallest absolute Gasteiger partial charge is 0.339 e. The second kappa shape index (κ2) is 6.09. The molecule has 2 amide bonds. The van der Waals surface area contributed by atoms with Crippen molar-refractivity contribution in [3.05, 3.63) is 29.8 Å². The molecular weight excluding hydrogens is 278 g/mol. The fourth-order valence-electron chi connectivity index (χ4n) is 2.14. The van der Waals surface area contributed by atoms with Gasteiger partial charge in [-0.1, -0.05) is 19.1 Å². The first kappa shape index (κ1) is 14.6. The molecule has 2 rings (SSSR count). The number of hydrogen-bond acceptors (Lipinski definition) is 5. The maximum Gasteiger partial charge on any atom is 0.339 e. The van der Waals surface area contributed by atoms with Crippen molar-refractivity contribution < 1.29 is 19.1 Å². The predicted molar refractivity (Wildman–Crippen MR) is 76.8 cm³/mol. The number of carbonyl (C=O) groups excluding carboxylic acids is 3. The highest BCUT2D eigenvalue weighted by atomic mass is 32.2. The van der Waals surface area contributed by atoms with Crippen LogP contribution in [0, 0.1) is 0 Å². The highest BCUT2D eigenvalue weighted by Gasteiger charge is 2.40. The fourth-order valence-corrected chi connectivity index (χ4v) is 3.05. The van der Waals surface area contributed by atoms with Crippen molar-refractivity contribution in [2.24, 2.45) is 0 Å². The van der Waals surface area contributed by atoms with E-state index in [9.17, 15) is 14.4 Å². The zero-order valence-electron chi connectivity index (χ0n) is 11.3. The molecule has 1 aliphatic rings. The van der Waals surface area contributed by atoms with E-state index in [0.717, 1.165) is 10.7 Å². The molecular formula is C14H15NO4S. The van der Waals surface area contributed by atoms with E-state index >= 15 is 0 Å². The van der Waals surface area contributed by atoms with Gasteiger partial charge in [0.2, 0.25) is 11.8 Å². The summed E-state index contributed by atoms with van der Waals surface area (Å²) in [6, 6.07) is 6.48. The molecule has 1 aromatic carbocycles. The number of thioether (sulfide) groups is 1. The number of ether oxygens (including phenoxy) is 1. The van der Waals surface area contributed by atoms with Crippen LogP contribution in [-0.4, -0.2) is 35.9 Å². The van der Waals surface area contributed by atoms with E-state index < -0.39 is 5.97 Å². The normalized spacial score (nSPS) is 18.5. The minimum absolute atomic E-state index is 0.173. The molecule has 0 bridgehead atoms. The van der Waals surface area contributed by atoms with E-state index in [0.29, 0.717) is 5.69 Å². The van der Waals surface area contributed by atoms with Crippen LogP contribution in [0.4, 0.5) is 5.69 Å². The van der Waals surface area contributed by atoms with E-state index in [1.165, 1.54) is 18.9 Å². The molecule has 0 aliphatic carbocycles. The number of hydrogen-bond donors (Lipinski definition) is 0. The summed E-state index contributed by atoms with van der Waals surface area (Å²) >= 11 is 1.44. The SMILES string of the molecule is CCSC1CC(=O)N(c2ccccc2C(=O)OC)C1=O. The summed E-state index contributed by atoms with van der Waals surface area (Å²) < 4.78 is 4.69. The number of esters is 1. The zero-order chi connectivity index (χ0) is 14.7. The van der Waals surface area contributed by atoms with Crippen LogP contribution in [-0.2, 0) is 14.3 Å². The van der Waals surface area contributed by atoms with Crippen LogP contribution in [0.15, 0.2) is 24.3 Å². The van der Waals surface area contributed by atoms with Gasteiger partial charge in [-0.25, -0.2) is 9.69 Å². The third kappa shape index (κ3) is 2.56. The summed E-state index contributed by atoms with van der Waals surface area (Å²) in [6.45, 7) is 1.94. The molecule has 106 valence electrons. The number of nitrogens with zero attached hydrogens (tertiary/aromatic N) is 1. The Morgan fingerprint density at radius 2 is 2.10 bits per heavy atom. The summed E-state index contributed by atoms with van der Waals surface area (Å²) in [7, 11) is 1.27. The second-order valence-corrected chi connectivity index (χ2v) is 5.70. The lowest BCUT2D eigenvalue weighted by molar-refractivity contribution is -0.121. The number of benzene rings is 1. The van der Waals surface area contributed by atoms with Gasteiger partial charge in [-0.15, -0.1) is 11.8 Å². The Balaban J connectivity index is 2.39. The molecule has 1 heterocycles. The van der Waals surface area contributed by atoms with Crippen molar-refractivity contribution in [3.63, 3.8) is 0 Å². The van der Waals surface area contributed by atoms with Gasteiger partial charge in [-0.3, -0.25) is 9.59 Å². The molecule has 6 heteroatoms. The maximum absolute atomic E-state index is 12.3. The Hall–Kier alpha value is -1.82. The topological polar surface area (TPSA) is 63.7 Å². The summed E-state index contributed by atoms with van der Waals surface area (Å²) in [4.78, 5) is 37.2. The molecule has 1 aliphatic heterocycles. The largest absolute Gasteiger partial charge is 0.465 e. The highest BCUT2D eigenvalue weighted by Crippen LogP contribution is 2.31. The van der Waals surface area contributed by atoms with Gasteiger partial charge < -0.3 is 4.74 Å². The third-order valence-corrected chi connectivity index (χ3v) is 4.13. The molecule has 5 nitrogen and oxygen atoms in total. The number of methoxy groups -OCH3 is 1. The van der Waals surface area contributed by atoms with Gasteiger partial charge in [-0.2, -0.15) is 0 Å².